The monoisotopic (exact) mass is 698 g/mol. The molecule has 11 atom stereocenters. The zero-order valence-corrected chi connectivity index (χ0v) is 33.2. The van der Waals surface area contributed by atoms with Gasteiger partial charge < -0.3 is 23.4 Å². The Balaban J connectivity index is 1.43. The number of fused-ring (bicyclic) bond motifs is 5. The van der Waals surface area contributed by atoms with Crippen molar-refractivity contribution in [3.05, 3.63) is 35.9 Å². The largest absolute Gasteiger partial charge is 0.469 e. The summed E-state index contributed by atoms with van der Waals surface area (Å²) < 4.78 is 31.5. The highest BCUT2D eigenvalue weighted by molar-refractivity contribution is 6.74. The van der Waals surface area contributed by atoms with Gasteiger partial charge in [0.1, 0.15) is 12.9 Å². The van der Waals surface area contributed by atoms with Crippen molar-refractivity contribution in [2.45, 2.75) is 149 Å². The third-order valence-corrected chi connectivity index (χ3v) is 19.0. The van der Waals surface area contributed by atoms with Crippen LogP contribution in [-0.4, -0.2) is 52.5 Å². The van der Waals surface area contributed by atoms with Crippen LogP contribution in [0.3, 0.4) is 0 Å². The van der Waals surface area contributed by atoms with Gasteiger partial charge in [0.2, 0.25) is 0 Å². The van der Waals surface area contributed by atoms with E-state index in [9.17, 15) is 9.59 Å². The van der Waals surface area contributed by atoms with Crippen LogP contribution >= 0.6 is 0 Å². The van der Waals surface area contributed by atoms with Crippen molar-refractivity contribution >= 4 is 20.3 Å². The van der Waals surface area contributed by atoms with Crippen LogP contribution in [-0.2, 0) is 39.6 Å². The molecule has 0 amide bonds. The molecule has 276 valence electrons. The van der Waals surface area contributed by atoms with Gasteiger partial charge >= 0.3 is 11.9 Å². The molecule has 8 heteroatoms. The Bertz CT molecular complexity index is 1280. The highest BCUT2D eigenvalue weighted by atomic mass is 28.4. The lowest BCUT2D eigenvalue weighted by atomic mass is 9.43. The molecule has 0 aromatic heterocycles. The van der Waals surface area contributed by atoms with Crippen molar-refractivity contribution in [2.75, 3.05) is 13.9 Å². The van der Waals surface area contributed by atoms with Crippen molar-refractivity contribution in [1.82, 2.24) is 0 Å². The van der Waals surface area contributed by atoms with Gasteiger partial charge in [0.15, 0.2) is 8.32 Å². The molecule has 0 unspecified atom stereocenters. The third kappa shape index (κ3) is 7.88. The molecule has 0 saturated heterocycles. The van der Waals surface area contributed by atoms with E-state index in [-0.39, 0.29) is 58.8 Å². The summed E-state index contributed by atoms with van der Waals surface area (Å²) >= 11 is 0. The Morgan fingerprint density at radius 3 is 2.27 bits per heavy atom. The first-order valence-corrected chi connectivity index (χ1v) is 22.1. The third-order valence-electron chi connectivity index (χ3n) is 14.5. The van der Waals surface area contributed by atoms with Gasteiger partial charge in [0.25, 0.3) is 0 Å². The molecule has 0 heterocycles. The minimum atomic E-state index is -2.11. The molecule has 4 aliphatic rings. The maximum Gasteiger partial charge on any atom is 0.305 e. The maximum atomic E-state index is 12.8. The average Bonchev–Trinajstić information content (AvgIpc) is 3.40. The van der Waals surface area contributed by atoms with Gasteiger partial charge in [-0.3, -0.25) is 9.59 Å². The first-order chi connectivity index (χ1) is 23.0. The molecule has 0 radical (unpaired) electrons. The lowest BCUT2D eigenvalue weighted by molar-refractivity contribution is -0.236. The fourth-order valence-corrected chi connectivity index (χ4v) is 12.3. The van der Waals surface area contributed by atoms with Gasteiger partial charge in [-0.05, 0) is 115 Å². The zero-order valence-electron chi connectivity index (χ0n) is 32.2. The molecule has 0 aliphatic heterocycles. The average molecular weight is 699 g/mol. The Hall–Kier alpha value is -1.74. The molecule has 5 rings (SSSR count). The summed E-state index contributed by atoms with van der Waals surface area (Å²) in [5.74, 6) is 2.28. The summed E-state index contributed by atoms with van der Waals surface area (Å²) in [5.41, 5.74) is 1.36. The fraction of sp³-hybridized carbons (Fsp3) is 0.805. The minimum Gasteiger partial charge on any atom is -0.469 e. The highest BCUT2D eigenvalue weighted by Gasteiger charge is 2.65. The fourth-order valence-electron chi connectivity index (χ4n) is 10.9. The van der Waals surface area contributed by atoms with Crippen LogP contribution in [0.5, 0.6) is 0 Å². The molecule has 0 bridgehead atoms. The van der Waals surface area contributed by atoms with Gasteiger partial charge in [-0.15, -0.1) is 0 Å². The second-order valence-corrected chi connectivity index (χ2v) is 22.9. The standard InChI is InChI=1S/C41H66O7Si/c1-27(16-19-36(43)44-8)30-17-18-31-37-32(20-22-40(30,31)6)41(7)23-21-34(48-49(9,10)39(3,4)5)38(47-28(2)42)33(41)24-35(37)46-26-45-25-29-14-12-11-13-15-29/h11-15,27,30-35,37-38H,16-26H2,1-10H3/t27-,30-,31+,32+,33+,34-,35-,37+,38-,40-,41-/m1/s1. The number of hydrogen-bond donors (Lipinski definition) is 0. The van der Waals surface area contributed by atoms with Crippen LogP contribution in [0.1, 0.15) is 112 Å². The van der Waals surface area contributed by atoms with Crippen molar-refractivity contribution < 1.29 is 33.0 Å². The van der Waals surface area contributed by atoms with Crippen LogP contribution < -0.4 is 0 Å². The van der Waals surface area contributed by atoms with E-state index in [0.29, 0.717) is 42.6 Å². The summed E-state index contributed by atoms with van der Waals surface area (Å²) in [6.45, 7) is 21.2. The van der Waals surface area contributed by atoms with E-state index in [1.54, 1.807) is 6.92 Å². The minimum absolute atomic E-state index is 0.0114. The Morgan fingerprint density at radius 1 is 0.939 bits per heavy atom. The van der Waals surface area contributed by atoms with Gasteiger partial charge in [-0.2, -0.15) is 0 Å². The molecular formula is C41H66O7Si. The second-order valence-electron chi connectivity index (χ2n) is 18.1. The second kappa shape index (κ2) is 15.1. The Kier molecular flexibility index (Phi) is 11.8. The molecule has 4 aliphatic carbocycles. The van der Waals surface area contributed by atoms with Crippen molar-refractivity contribution in [2.24, 2.45) is 46.3 Å². The molecule has 49 heavy (non-hydrogen) atoms. The number of benzene rings is 1. The van der Waals surface area contributed by atoms with Gasteiger partial charge in [0.05, 0.1) is 25.9 Å². The first-order valence-electron chi connectivity index (χ1n) is 19.2. The number of methoxy groups -OCH3 is 1. The lowest BCUT2D eigenvalue weighted by Gasteiger charge is -2.64. The molecule has 1 aromatic rings. The van der Waals surface area contributed by atoms with Crippen LogP contribution in [0.15, 0.2) is 30.3 Å². The van der Waals surface area contributed by atoms with E-state index >= 15 is 0 Å². The number of ether oxygens (including phenoxy) is 4. The van der Waals surface area contributed by atoms with Gasteiger partial charge in [0, 0.05) is 19.3 Å². The topological polar surface area (TPSA) is 80.3 Å². The van der Waals surface area contributed by atoms with E-state index in [1.807, 2.05) is 18.2 Å². The number of hydrogen-bond acceptors (Lipinski definition) is 7. The molecule has 4 saturated carbocycles. The van der Waals surface area contributed by atoms with Gasteiger partial charge in [-0.25, -0.2) is 0 Å². The summed E-state index contributed by atoms with van der Waals surface area (Å²) in [5, 5.41) is 0.0642. The predicted octanol–water partition coefficient (Wildman–Crippen LogP) is 9.34. The summed E-state index contributed by atoms with van der Waals surface area (Å²) in [6.07, 6.45) is 8.56. The molecule has 0 N–H and O–H groups in total. The number of carbonyl (C=O) groups excluding carboxylic acids is 2. The molecule has 0 spiro atoms. The van der Waals surface area contributed by atoms with Crippen LogP contribution in [0.25, 0.3) is 0 Å². The summed E-state index contributed by atoms with van der Waals surface area (Å²) in [7, 11) is -0.623. The number of carbonyl (C=O) groups is 2. The van der Waals surface area contributed by atoms with Crippen LogP contribution in [0, 0.1) is 46.3 Å². The first kappa shape index (κ1) is 38.5. The lowest BCUT2D eigenvalue weighted by Crippen LogP contribution is -2.64. The van der Waals surface area contributed by atoms with E-state index in [2.05, 4.69) is 66.8 Å². The Morgan fingerprint density at radius 2 is 1.61 bits per heavy atom. The molecular weight excluding hydrogens is 633 g/mol. The van der Waals surface area contributed by atoms with E-state index in [1.165, 1.54) is 26.4 Å². The number of rotatable bonds is 12. The molecule has 4 fully saturated rings. The maximum absolute atomic E-state index is 12.8. The predicted molar refractivity (Wildman–Crippen MR) is 195 cm³/mol. The van der Waals surface area contributed by atoms with Crippen molar-refractivity contribution in [1.29, 1.82) is 0 Å². The smallest absolute Gasteiger partial charge is 0.305 e. The van der Waals surface area contributed by atoms with E-state index in [4.69, 9.17) is 23.4 Å². The van der Waals surface area contributed by atoms with Gasteiger partial charge in [-0.1, -0.05) is 71.9 Å². The Labute approximate surface area is 298 Å². The van der Waals surface area contributed by atoms with Crippen molar-refractivity contribution in [3.8, 4) is 0 Å². The molecule has 7 nitrogen and oxygen atoms in total. The molecule has 1 aromatic carbocycles. The quantitative estimate of drug-likeness (QED) is 0.0932. The summed E-state index contributed by atoms with van der Waals surface area (Å²) in [4.78, 5) is 24.8. The normalized spacial score (nSPS) is 36.6. The highest BCUT2D eigenvalue weighted by Crippen LogP contribution is 2.69. The van der Waals surface area contributed by atoms with Crippen LogP contribution in [0.4, 0.5) is 0 Å². The SMILES string of the molecule is COC(=O)CC[C@@H](C)[C@H]1CC[C@H]2[C@@H]3[C@H](OCOCc4ccccc4)C[C@H]4[C@@H](OC(C)=O)[C@H](O[Si](C)(C)C(C)(C)C)CC[C@]4(C)[C@H]3CC[C@]12C. The number of esters is 2. The van der Waals surface area contributed by atoms with Crippen molar-refractivity contribution in [3.63, 3.8) is 0 Å². The van der Waals surface area contributed by atoms with Crippen LogP contribution in [0.2, 0.25) is 18.1 Å². The van der Waals surface area contributed by atoms with E-state index < -0.39 is 8.32 Å². The summed E-state index contributed by atoms with van der Waals surface area (Å²) in [6, 6.07) is 10.3. The zero-order chi connectivity index (χ0) is 35.8. The van der Waals surface area contributed by atoms with E-state index in [0.717, 1.165) is 37.7 Å².